The topological polar surface area (TPSA) is 65.5 Å². The van der Waals surface area contributed by atoms with E-state index in [-0.39, 0.29) is 23.7 Å². The quantitative estimate of drug-likeness (QED) is 0.363. The molecule has 0 radical (unpaired) electrons. The molecular weight excluding hydrogens is 504 g/mol. The third-order valence-electron chi connectivity index (χ3n) is 8.78. The second kappa shape index (κ2) is 9.35. The van der Waals surface area contributed by atoms with E-state index in [1.54, 1.807) is 5.38 Å². The number of aromatic nitrogens is 1. The second-order valence-corrected chi connectivity index (χ2v) is 11.8. The van der Waals surface area contributed by atoms with Crippen LogP contribution in [0.4, 0.5) is 10.8 Å². The van der Waals surface area contributed by atoms with Gasteiger partial charge in [-0.25, -0.2) is 4.98 Å². The average molecular weight is 535 g/mol. The number of nitrogens with zero attached hydrogens (tertiary/aromatic N) is 3. The molecule has 1 aromatic heterocycles. The lowest BCUT2D eigenvalue weighted by Crippen LogP contribution is -2.49. The summed E-state index contributed by atoms with van der Waals surface area (Å²) < 4.78 is 0. The predicted octanol–water partition coefficient (Wildman–Crippen LogP) is 5.73. The summed E-state index contributed by atoms with van der Waals surface area (Å²) >= 11 is 1.32. The summed E-state index contributed by atoms with van der Waals surface area (Å²) in [5, 5.41) is 5.34. The van der Waals surface area contributed by atoms with E-state index in [0.29, 0.717) is 23.9 Å². The third kappa shape index (κ3) is 3.95. The number of carbonyl (C=O) groups is 2. The second-order valence-electron chi connectivity index (χ2n) is 11.0. The molecule has 1 N–H and O–H groups in total. The van der Waals surface area contributed by atoms with Gasteiger partial charge in [0, 0.05) is 49.1 Å². The number of nitrogens with one attached hydrogen (secondary N) is 1. The summed E-state index contributed by atoms with van der Waals surface area (Å²) in [4.78, 5) is 35.8. The Morgan fingerprint density at radius 1 is 0.846 bits per heavy atom. The van der Waals surface area contributed by atoms with Crippen molar-refractivity contribution >= 4 is 34.0 Å². The normalized spacial score (nSPS) is 23.2. The molecule has 4 aromatic rings. The first kappa shape index (κ1) is 24.1. The highest BCUT2D eigenvalue weighted by molar-refractivity contribution is 7.14. The molecule has 4 aliphatic rings. The Morgan fingerprint density at radius 3 is 2.08 bits per heavy atom. The molecule has 0 spiro atoms. The van der Waals surface area contributed by atoms with Gasteiger partial charge in [-0.3, -0.25) is 9.59 Å². The van der Waals surface area contributed by atoms with E-state index < -0.39 is 5.41 Å². The van der Waals surface area contributed by atoms with Crippen molar-refractivity contribution in [3.63, 3.8) is 0 Å². The zero-order chi connectivity index (χ0) is 26.6. The molecule has 1 fully saturated rings. The zero-order valence-electron chi connectivity index (χ0n) is 21.8. The van der Waals surface area contributed by atoms with E-state index in [2.05, 4.69) is 82.8 Å². The lowest BCUT2D eigenvalue weighted by molar-refractivity contribution is -0.126. The first-order chi connectivity index (χ1) is 19.0. The van der Waals surface area contributed by atoms with Crippen LogP contribution in [0.3, 0.4) is 0 Å². The first-order valence-electron chi connectivity index (χ1n) is 13.6. The molecule has 0 saturated carbocycles. The highest BCUT2D eigenvalue weighted by Gasteiger charge is 2.54. The largest absolute Gasteiger partial charge is 0.368 e. The summed E-state index contributed by atoms with van der Waals surface area (Å²) in [6, 6.07) is 27.4. The van der Waals surface area contributed by atoms with Crippen molar-refractivity contribution < 1.29 is 9.59 Å². The van der Waals surface area contributed by atoms with Gasteiger partial charge in [0.05, 0.1) is 5.41 Å². The molecule has 3 aromatic carbocycles. The molecule has 196 valence electrons. The van der Waals surface area contributed by atoms with Crippen LogP contribution in [0.25, 0.3) is 0 Å². The standard InChI is InChI=1S/C32H30N4O2S/c1-32(19-26-22-11-5-7-13-24(22)28(32)25-14-8-6-12-23(25)26)30(38)34-31-33-27(20-39-31)29(37)36-17-15-35(16-18-36)21-9-3-2-4-10-21/h2-14,20,26,28H,15-19H2,1H3,(H,33,34,38). The summed E-state index contributed by atoms with van der Waals surface area (Å²) in [6.07, 6.45) is 0.750. The number of para-hydroxylation sites is 1. The Morgan fingerprint density at radius 2 is 1.44 bits per heavy atom. The molecule has 1 atom stereocenters. The van der Waals surface area contributed by atoms with Crippen LogP contribution < -0.4 is 10.2 Å². The highest BCUT2D eigenvalue weighted by atomic mass is 32.1. The van der Waals surface area contributed by atoms with Crippen molar-refractivity contribution in [1.82, 2.24) is 9.88 Å². The molecule has 6 nitrogen and oxygen atoms in total. The molecule has 39 heavy (non-hydrogen) atoms. The van der Waals surface area contributed by atoms with Crippen LogP contribution in [-0.2, 0) is 4.79 Å². The van der Waals surface area contributed by atoms with Crippen molar-refractivity contribution in [2.45, 2.75) is 25.2 Å². The lowest BCUT2D eigenvalue weighted by atomic mass is 9.52. The van der Waals surface area contributed by atoms with E-state index in [1.165, 1.54) is 39.3 Å². The number of hydrogen-bond acceptors (Lipinski definition) is 5. The molecule has 1 unspecified atom stereocenters. The highest BCUT2D eigenvalue weighted by Crippen LogP contribution is 2.61. The average Bonchev–Trinajstić information content (AvgIpc) is 3.46. The molecule has 2 amide bonds. The van der Waals surface area contributed by atoms with E-state index in [4.69, 9.17) is 0 Å². The molecule has 3 aliphatic carbocycles. The lowest BCUT2D eigenvalue weighted by Gasteiger charge is -2.50. The van der Waals surface area contributed by atoms with Gasteiger partial charge in [0.15, 0.2) is 5.13 Å². The number of hydrogen-bond donors (Lipinski definition) is 1. The number of carbonyl (C=O) groups excluding carboxylic acids is 2. The number of piperazine rings is 1. The molecule has 7 heteroatoms. The zero-order valence-corrected chi connectivity index (χ0v) is 22.7. The van der Waals surface area contributed by atoms with E-state index in [0.717, 1.165) is 19.5 Å². The maximum absolute atomic E-state index is 13.9. The minimum absolute atomic E-state index is 0.0168. The number of amides is 2. The van der Waals surface area contributed by atoms with Crippen LogP contribution in [-0.4, -0.2) is 47.9 Å². The van der Waals surface area contributed by atoms with E-state index >= 15 is 0 Å². The van der Waals surface area contributed by atoms with Gasteiger partial charge in [-0.15, -0.1) is 11.3 Å². The van der Waals surface area contributed by atoms with Crippen LogP contribution in [0.1, 0.15) is 57.9 Å². The van der Waals surface area contributed by atoms with E-state index in [9.17, 15) is 9.59 Å². The number of fused-ring (bicyclic) bond motifs is 1. The third-order valence-corrected chi connectivity index (χ3v) is 9.54. The smallest absolute Gasteiger partial charge is 0.273 e. The van der Waals surface area contributed by atoms with Crippen LogP contribution in [0.5, 0.6) is 0 Å². The van der Waals surface area contributed by atoms with Gasteiger partial charge in [0.25, 0.3) is 5.91 Å². The fourth-order valence-electron chi connectivity index (χ4n) is 6.83. The maximum atomic E-state index is 13.9. The molecular formula is C32H30N4O2S. The molecule has 1 aliphatic heterocycles. The summed E-state index contributed by atoms with van der Waals surface area (Å²) in [7, 11) is 0. The van der Waals surface area contributed by atoms with E-state index in [1.807, 2.05) is 23.1 Å². The number of rotatable bonds is 4. The van der Waals surface area contributed by atoms with Crippen LogP contribution >= 0.6 is 11.3 Å². The SMILES string of the molecule is CC1(C(=O)Nc2nc(C(=O)N3CCN(c4ccccc4)CC3)cs2)CC2c3ccccc3C1c1ccccc12. The molecule has 2 heterocycles. The van der Waals surface area contributed by atoms with Gasteiger partial charge in [0.1, 0.15) is 5.69 Å². The van der Waals surface area contributed by atoms with Crippen molar-refractivity contribution in [2.75, 3.05) is 36.4 Å². The van der Waals surface area contributed by atoms with Gasteiger partial charge >= 0.3 is 0 Å². The van der Waals surface area contributed by atoms with Gasteiger partial charge in [0.2, 0.25) is 5.91 Å². The van der Waals surface area contributed by atoms with Gasteiger partial charge < -0.3 is 15.1 Å². The monoisotopic (exact) mass is 534 g/mol. The van der Waals surface area contributed by atoms with Crippen LogP contribution in [0.2, 0.25) is 0 Å². The summed E-state index contributed by atoms with van der Waals surface area (Å²) in [5.74, 6) is 0.0644. The Hall–Kier alpha value is -3.97. The molecule has 8 rings (SSSR count). The number of benzene rings is 3. The maximum Gasteiger partial charge on any atom is 0.273 e. The van der Waals surface area contributed by atoms with Crippen molar-refractivity contribution in [2.24, 2.45) is 5.41 Å². The first-order valence-corrected chi connectivity index (χ1v) is 14.4. The number of anilines is 2. The fourth-order valence-corrected chi connectivity index (χ4v) is 7.51. The van der Waals surface area contributed by atoms with Gasteiger partial charge in [-0.05, 0) is 47.7 Å². The van der Waals surface area contributed by atoms with Crippen molar-refractivity contribution in [3.05, 3.63) is 112 Å². The van der Waals surface area contributed by atoms with Crippen LogP contribution in [0.15, 0.2) is 84.2 Å². The number of thiazole rings is 1. The summed E-state index contributed by atoms with van der Waals surface area (Å²) in [6.45, 7) is 4.94. The predicted molar refractivity (Wildman–Crippen MR) is 155 cm³/mol. The Bertz CT molecular complexity index is 1510. The Kier molecular flexibility index (Phi) is 5.77. The minimum Gasteiger partial charge on any atom is -0.368 e. The van der Waals surface area contributed by atoms with Crippen LogP contribution in [0, 0.1) is 5.41 Å². The van der Waals surface area contributed by atoms with Gasteiger partial charge in [-0.1, -0.05) is 66.7 Å². The van der Waals surface area contributed by atoms with Gasteiger partial charge in [-0.2, -0.15) is 0 Å². The minimum atomic E-state index is -0.614. The van der Waals surface area contributed by atoms with Crippen molar-refractivity contribution in [3.8, 4) is 0 Å². The Balaban J connectivity index is 1.07. The van der Waals surface area contributed by atoms with Crippen molar-refractivity contribution in [1.29, 1.82) is 0 Å². The fraction of sp³-hybridized carbons (Fsp3) is 0.281. The Labute approximate surface area is 232 Å². The molecule has 2 bridgehead atoms. The molecule has 1 saturated heterocycles. The summed E-state index contributed by atoms with van der Waals surface area (Å²) in [5.41, 5.74) is 6.12.